The van der Waals surface area contributed by atoms with E-state index in [2.05, 4.69) is 11.0 Å². The molecular formula is C18H26N2O2. The number of carbonyl (C=O) groups is 1. The topological polar surface area (TPSA) is 43.8 Å². The Kier molecular flexibility index (Phi) is 5.11. The molecule has 2 aliphatic heterocycles. The van der Waals surface area contributed by atoms with Crippen molar-refractivity contribution in [3.8, 4) is 0 Å². The standard InChI is InChI=1S/C18H26N2O2/c21-17-8-5-9-19(14-17)13-15-6-4-7-16(12-15)18(22)20-10-2-1-3-11-20/h4,6-7,12,17,21H,1-3,5,8-11,13-14H2. The van der Waals surface area contributed by atoms with E-state index in [0.717, 1.165) is 69.5 Å². The average Bonchev–Trinajstić information content (AvgIpc) is 2.55. The molecule has 1 amide bonds. The number of carbonyl (C=O) groups excluding carboxylic acids is 1. The summed E-state index contributed by atoms with van der Waals surface area (Å²) in [6.45, 7) is 4.37. The Bertz CT molecular complexity index is 512. The second-order valence-corrected chi connectivity index (χ2v) is 6.58. The molecule has 1 unspecified atom stereocenters. The molecule has 1 atom stereocenters. The van der Waals surface area contributed by atoms with Gasteiger partial charge in [0.1, 0.15) is 0 Å². The van der Waals surface area contributed by atoms with E-state index >= 15 is 0 Å². The third-order valence-electron chi connectivity index (χ3n) is 4.70. The maximum Gasteiger partial charge on any atom is 0.253 e. The van der Waals surface area contributed by atoms with E-state index in [4.69, 9.17) is 0 Å². The molecule has 0 spiro atoms. The fourth-order valence-electron chi connectivity index (χ4n) is 3.52. The Balaban J connectivity index is 1.65. The molecule has 3 rings (SSSR count). The van der Waals surface area contributed by atoms with Crippen LogP contribution in [-0.2, 0) is 6.54 Å². The minimum absolute atomic E-state index is 0.167. The van der Waals surface area contributed by atoms with Crippen LogP contribution in [0.2, 0.25) is 0 Å². The predicted molar refractivity (Wildman–Crippen MR) is 86.7 cm³/mol. The smallest absolute Gasteiger partial charge is 0.253 e. The average molecular weight is 302 g/mol. The molecule has 1 aromatic carbocycles. The molecule has 1 N–H and O–H groups in total. The summed E-state index contributed by atoms with van der Waals surface area (Å²) in [4.78, 5) is 16.8. The van der Waals surface area contributed by atoms with Crippen molar-refractivity contribution in [2.24, 2.45) is 0 Å². The van der Waals surface area contributed by atoms with Gasteiger partial charge >= 0.3 is 0 Å². The van der Waals surface area contributed by atoms with Gasteiger partial charge in [0.05, 0.1) is 6.10 Å². The van der Waals surface area contributed by atoms with Crippen LogP contribution >= 0.6 is 0 Å². The lowest BCUT2D eigenvalue weighted by atomic mass is 10.0. The normalized spacial score (nSPS) is 23.5. The minimum Gasteiger partial charge on any atom is -0.392 e. The van der Waals surface area contributed by atoms with Crippen LogP contribution in [0.3, 0.4) is 0 Å². The lowest BCUT2D eigenvalue weighted by Crippen LogP contribution is -2.38. The van der Waals surface area contributed by atoms with Crippen LogP contribution in [0.15, 0.2) is 24.3 Å². The van der Waals surface area contributed by atoms with E-state index in [0.29, 0.717) is 0 Å². The third-order valence-corrected chi connectivity index (χ3v) is 4.70. The number of amides is 1. The van der Waals surface area contributed by atoms with Gasteiger partial charge in [0.2, 0.25) is 0 Å². The number of rotatable bonds is 3. The maximum absolute atomic E-state index is 12.6. The van der Waals surface area contributed by atoms with Crippen LogP contribution in [0.4, 0.5) is 0 Å². The summed E-state index contributed by atoms with van der Waals surface area (Å²) in [5.74, 6) is 0.167. The number of nitrogens with zero attached hydrogens (tertiary/aromatic N) is 2. The Labute approximate surface area is 132 Å². The van der Waals surface area contributed by atoms with Crippen LogP contribution < -0.4 is 0 Å². The molecule has 2 aliphatic rings. The molecule has 120 valence electrons. The number of aliphatic hydroxyl groups excluding tert-OH is 1. The Morgan fingerprint density at radius 1 is 1.14 bits per heavy atom. The van der Waals surface area contributed by atoms with Gasteiger partial charge in [-0.3, -0.25) is 9.69 Å². The van der Waals surface area contributed by atoms with Crippen LogP contribution in [-0.4, -0.2) is 53.1 Å². The Morgan fingerprint density at radius 3 is 2.73 bits per heavy atom. The first-order chi connectivity index (χ1) is 10.7. The maximum atomic E-state index is 12.6. The van der Waals surface area contributed by atoms with Crippen molar-refractivity contribution >= 4 is 5.91 Å². The highest BCUT2D eigenvalue weighted by atomic mass is 16.3. The first-order valence-corrected chi connectivity index (χ1v) is 8.51. The van der Waals surface area contributed by atoms with Crippen LogP contribution in [0.25, 0.3) is 0 Å². The van der Waals surface area contributed by atoms with E-state index in [9.17, 15) is 9.90 Å². The van der Waals surface area contributed by atoms with E-state index in [-0.39, 0.29) is 12.0 Å². The molecule has 2 heterocycles. The Hall–Kier alpha value is -1.39. The predicted octanol–water partition coefficient (Wildman–Crippen LogP) is 2.27. The third kappa shape index (κ3) is 3.87. The number of hydrogen-bond acceptors (Lipinski definition) is 3. The van der Waals surface area contributed by atoms with Crippen molar-refractivity contribution in [2.45, 2.75) is 44.8 Å². The van der Waals surface area contributed by atoms with Crippen molar-refractivity contribution in [2.75, 3.05) is 26.2 Å². The first-order valence-electron chi connectivity index (χ1n) is 8.51. The molecule has 0 radical (unpaired) electrons. The van der Waals surface area contributed by atoms with Crippen LogP contribution in [0.1, 0.15) is 48.0 Å². The van der Waals surface area contributed by atoms with Crippen molar-refractivity contribution < 1.29 is 9.90 Å². The van der Waals surface area contributed by atoms with Gasteiger partial charge in [-0.15, -0.1) is 0 Å². The van der Waals surface area contributed by atoms with Crippen molar-refractivity contribution in [1.82, 2.24) is 9.80 Å². The molecule has 0 aliphatic carbocycles. The monoisotopic (exact) mass is 302 g/mol. The molecule has 4 nitrogen and oxygen atoms in total. The fourth-order valence-corrected chi connectivity index (χ4v) is 3.52. The van der Waals surface area contributed by atoms with Gasteiger partial charge in [-0.05, 0) is 56.3 Å². The van der Waals surface area contributed by atoms with Gasteiger partial charge < -0.3 is 10.0 Å². The summed E-state index contributed by atoms with van der Waals surface area (Å²) >= 11 is 0. The summed E-state index contributed by atoms with van der Waals surface area (Å²) in [7, 11) is 0. The van der Waals surface area contributed by atoms with Gasteiger partial charge in [-0.1, -0.05) is 12.1 Å². The largest absolute Gasteiger partial charge is 0.392 e. The highest BCUT2D eigenvalue weighted by Gasteiger charge is 2.20. The van der Waals surface area contributed by atoms with E-state index < -0.39 is 0 Å². The molecule has 22 heavy (non-hydrogen) atoms. The molecular weight excluding hydrogens is 276 g/mol. The Morgan fingerprint density at radius 2 is 1.95 bits per heavy atom. The molecule has 2 saturated heterocycles. The summed E-state index contributed by atoms with van der Waals surface area (Å²) < 4.78 is 0. The van der Waals surface area contributed by atoms with Crippen LogP contribution in [0.5, 0.6) is 0 Å². The number of benzene rings is 1. The first kappa shape index (κ1) is 15.5. The summed E-state index contributed by atoms with van der Waals surface area (Å²) in [6, 6.07) is 8.00. The van der Waals surface area contributed by atoms with Crippen LogP contribution in [0, 0.1) is 0 Å². The zero-order valence-electron chi connectivity index (χ0n) is 13.2. The van der Waals surface area contributed by atoms with Gasteiger partial charge in [0.15, 0.2) is 0 Å². The van der Waals surface area contributed by atoms with E-state index in [1.54, 1.807) is 0 Å². The lowest BCUT2D eigenvalue weighted by molar-refractivity contribution is 0.0665. The van der Waals surface area contributed by atoms with Crippen molar-refractivity contribution in [3.63, 3.8) is 0 Å². The highest BCUT2D eigenvalue weighted by molar-refractivity contribution is 5.94. The second-order valence-electron chi connectivity index (χ2n) is 6.58. The lowest BCUT2D eigenvalue weighted by Gasteiger charge is -2.30. The SMILES string of the molecule is O=C(c1cccc(CN2CCCC(O)C2)c1)N1CCCCC1. The second kappa shape index (κ2) is 7.25. The molecule has 0 aromatic heterocycles. The number of likely N-dealkylation sites (tertiary alicyclic amines) is 2. The number of β-amino-alcohol motifs (C(OH)–C–C–N with tert-alkyl or cyclic N) is 1. The molecule has 0 saturated carbocycles. The summed E-state index contributed by atoms with van der Waals surface area (Å²) in [5, 5.41) is 9.77. The molecule has 4 heteroatoms. The summed E-state index contributed by atoms with van der Waals surface area (Å²) in [5.41, 5.74) is 1.97. The quantitative estimate of drug-likeness (QED) is 0.931. The van der Waals surface area contributed by atoms with Crippen molar-refractivity contribution in [3.05, 3.63) is 35.4 Å². The molecule has 1 aromatic rings. The molecule has 0 bridgehead atoms. The molecule has 2 fully saturated rings. The van der Waals surface area contributed by atoms with Gasteiger partial charge in [-0.2, -0.15) is 0 Å². The number of piperidine rings is 2. The minimum atomic E-state index is -0.202. The zero-order chi connectivity index (χ0) is 15.4. The van der Waals surface area contributed by atoms with Gasteiger partial charge in [0, 0.05) is 31.7 Å². The number of hydrogen-bond donors (Lipinski definition) is 1. The summed E-state index contributed by atoms with van der Waals surface area (Å²) in [6.07, 6.45) is 5.24. The van der Waals surface area contributed by atoms with E-state index in [1.807, 2.05) is 23.1 Å². The fraction of sp³-hybridized carbons (Fsp3) is 0.611. The van der Waals surface area contributed by atoms with Crippen molar-refractivity contribution in [1.29, 1.82) is 0 Å². The zero-order valence-corrected chi connectivity index (χ0v) is 13.2. The number of aliphatic hydroxyl groups is 1. The van der Waals surface area contributed by atoms with Gasteiger partial charge in [-0.25, -0.2) is 0 Å². The van der Waals surface area contributed by atoms with E-state index in [1.165, 1.54) is 6.42 Å². The van der Waals surface area contributed by atoms with Gasteiger partial charge in [0.25, 0.3) is 5.91 Å². The highest BCUT2D eigenvalue weighted by Crippen LogP contribution is 2.17.